The zero-order chi connectivity index (χ0) is 23.5. The SMILES string of the molecule is CCOC(=O)C1=C(C)N=c2sc(=Cc3cccs3)c(=O)n2C1c1cccc(OC)c1OCC. The van der Waals surface area contributed by atoms with Gasteiger partial charge in [0.2, 0.25) is 0 Å². The van der Waals surface area contributed by atoms with Crippen LogP contribution in [0.5, 0.6) is 11.5 Å². The molecule has 1 aliphatic rings. The smallest absolute Gasteiger partial charge is 0.338 e. The molecule has 33 heavy (non-hydrogen) atoms. The zero-order valence-corrected chi connectivity index (χ0v) is 20.4. The van der Waals surface area contributed by atoms with Crippen LogP contribution in [-0.4, -0.2) is 30.9 Å². The van der Waals surface area contributed by atoms with Crippen molar-refractivity contribution in [1.29, 1.82) is 0 Å². The molecule has 7 nitrogen and oxygen atoms in total. The molecule has 0 aliphatic carbocycles. The number of carbonyl (C=O) groups is 1. The van der Waals surface area contributed by atoms with Crippen molar-refractivity contribution < 1.29 is 19.0 Å². The van der Waals surface area contributed by atoms with Crippen LogP contribution >= 0.6 is 22.7 Å². The van der Waals surface area contributed by atoms with Crippen LogP contribution < -0.4 is 24.4 Å². The number of carbonyl (C=O) groups excluding carboxylic acids is 1. The highest BCUT2D eigenvalue weighted by Crippen LogP contribution is 2.40. The van der Waals surface area contributed by atoms with Crippen LogP contribution in [0, 0.1) is 0 Å². The van der Waals surface area contributed by atoms with Gasteiger partial charge in [0.15, 0.2) is 16.3 Å². The predicted molar refractivity (Wildman–Crippen MR) is 129 cm³/mol. The number of fused-ring (bicyclic) bond motifs is 1. The summed E-state index contributed by atoms with van der Waals surface area (Å²) in [4.78, 5) is 32.8. The van der Waals surface area contributed by atoms with Crippen LogP contribution in [0.25, 0.3) is 6.08 Å². The van der Waals surface area contributed by atoms with Gasteiger partial charge in [0, 0.05) is 10.4 Å². The van der Waals surface area contributed by atoms with E-state index in [-0.39, 0.29) is 12.2 Å². The summed E-state index contributed by atoms with van der Waals surface area (Å²) < 4.78 is 18.9. The van der Waals surface area contributed by atoms with Gasteiger partial charge in [0.25, 0.3) is 5.56 Å². The summed E-state index contributed by atoms with van der Waals surface area (Å²) in [5, 5.41) is 1.96. The predicted octanol–water partition coefficient (Wildman–Crippen LogP) is 3.27. The first-order valence-electron chi connectivity index (χ1n) is 10.5. The molecule has 0 saturated carbocycles. The number of allylic oxidation sites excluding steroid dienone is 1. The van der Waals surface area contributed by atoms with Crippen LogP contribution in [-0.2, 0) is 9.53 Å². The van der Waals surface area contributed by atoms with Gasteiger partial charge in [-0.25, -0.2) is 9.79 Å². The van der Waals surface area contributed by atoms with Gasteiger partial charge in [-0.2, -0.15) is 0 Å². The Bertz CT molecular complexity index is 1380. The maximum Gasteiger partial charge on any atom is 0.338 e. The molecule has 9 heteroatoms. The topological polar surface area (TPSA) is 79.1 Å². The Kier molecular flexibility index (Phi) is 6.80. The van der Waals surface area contributed by atoms with Gasteiger partial charge >= 0.3 is 5.97 Å². The lowest BCUT2D eigenvalue weighted by Crippen LogP contribution is -2.40. The van der Waals surface area contributed by atoms with E-state index in [1.807, 2.05) is 42.6 Å². The molecule has 0 saturated heterocycles. The second kappa shape index (κ2) is 9.76. The lowest BCUT2D eigenvalue weighted by atomic mass is 9.94. The molecule has 0 fully saturated rings. The van der Waals surface area contributed by atoms with E-state index < -0.39 is 12.0 Å². The summed E-state index contributed by atoms with van der Waals surface area (Å²) in [6.07, 6.45) is 1.85. The van der Waals surface area contributed by atoms with E-state index >= 15 is 0 Å². The zero-order valence-electron chi connectivity index (χ0n) is 18.8. The van der Waals surface area contributed by atoms with Crippen LogP contribution in [0.2, 0.25) is 0 Å². The van der Waals surface area contributed by atoms with Gasteiger partial charge in [-0.3, -0.25) is 9.36 Å². The molecule has 4 rings (SSSR count). The summed E-state index contributed by atoms with van der Waals surface area (Å²) >= 11 is 2.84. The minimum atomic E-state index is -0.762. The summed E-state index contributed by atoms with van der Waals surface area (Å²) in [5.74, 6) is 0.492. The van der Waals surface area contributed by atoms with E-state index in [2.05, 4.69) is 4.99 Å². The number of esters is 1. The summed E-state index contributed by atoms with van der Waals surface area (Å²) in [5.41, 5.74) is 1.22. The van der Waals surface area contributed by atoms with Gasteiger partial charge in [0.1, 0.15) is 6.04 Å². The quantitative estimate of drug-likeness (QED) is 0.481. The average Bonchev–Trinajstić information content (AvgIpc) is 3.41. The minimum Gasteiger partial charge on any atom is -0.493 e. The van der Waals surface area contributed by atoms with Crippen molar-refractivity contribution in [3.8, 4) is 11.5 Å². The maximum absolute atomic E-state index is 13.6. The lowest BCUT2D eigenvalue weighted by molar-refractivity contribution is -0.139. The summed E-state index contributed by atoms with van der Waals surface area (Å²) in [6.45, 7) is 5.98. The number of nitrogens with zero attached hydrogens (tertiary/aromatic N) is 2. The third-order valence-electron chi connectivity index (χ3n) is 5.15. The first-order valence-corrected chi connectivity index (χ1v) is 12.2. The fraction of sp³-hybridized carbons (Fsp3) is 0.292. The molecule has 0 N–H and O–H groups in total. The van der Waals surface area contributed by atoms with Crippen molar-refractivity contribution in [2.45, 2.75) is 26.8 Å². The molecule has 0 bridgehead atoms. The molecular formula is C24H24N2O5S2. The number of methoxy groups -OCH3 is 1. The number of aromatic nitrogens is 1. The van der Waals surface area contributed by atoms with Crippen LogP contribution in [0.15, 0.2) is 56.8 Å². The van der Waals surface area contributed by atoms with Crippen molar-refractivity contribution in [2.75, 3.05) is 20.3 Å². The number of para-hydroxylation sites is 1. The Labute approximate surface area is 198 Å². The largest absolute Gasteiger partial charge is 0.493 e. The van der Waals surface area contributed by atoms with E-state index in [1.165, 1.54) is 11.3 Å². The standard InChI is InChI=1S/C24H24N2O5S2/c1-5-30-21-16(10-7-11-17(21)29-4)20-19(23(28)31-6-2)14(3)25-24-26(20)22(27)18(33-24)13-15-9-8-12-32-15/h7-13,20H,5-6H2,1-4H3. The Morgan fingerprint density at radius 2 is 2.03 bits per heavy atom. The van der Waals surface area contributed by atoms with Crippen molar-refractivity contribution >= 4 is 34.7 Å². The molecule has 3 heterocycles. The van der Waals surface area contributed by atoms with E-state index in [4.69, 9.17) is 14.2 Å². The molecule has 1 atom stereocenters. The number of thiophene rings is 1. The number of rotatable bonds is 7. The molecule has 1 aliphatic heterocycles. The minimum absolute atomic E-state index is 0.210. The van der Waals surface area contributed by atoms with Crippen LogP contribution in [0.4, 0.5) is 0 Å². The second-order valence-electron chi connectivity index (χ2n) is 7.13. The van der Waals surface area contributed by atoms with Crippen LogP contribution in [0.3, 0.4) is 0 Å². The normalized spacial score (nSPS) is 15.8. The van der Waals surface area contributed by atoms with Gasteiger partial charge in [-0.05, 0) is 44.4 Å². The van der Waals surface area contributed by atoms with Crippen molar-refractivity contribution in [1.82, 2.24) is 4.57 Å². The Morgan fingerprint density at radius 1 is 1.21 bits per heavy atom. The number of ether oxygens (including phenoxy) is 3. The molecule has 172 valence electrons. The average molecular weight is 485 g/mol. The number of hydrogen-bond donors (Lipinski definition) is 0. The molecule has 2 aromatic heterocycles. The Morgan fingerprint density at radius 3 is 2.70 bits per heavy atom. The number of thiazole rings is 1. The molecule has 1 unspecified atom stereocenters. The molecule has 0 radical (unpaired) electrons. The first kappa shape index (κ1) is 23.0. The molecule has 0 amide bonds. The third kappa shape index (κ3) is 4.26. The van der Waals surface area contributed by atoms with Gasteiger partial charge in [-0.1, -0.05) is 29.5 Å². The highest BCUT2D eigenvalue weighted by atomic mass is 32.1. The van der Waals surface area contributed by atoms with Crippen molar-refractivity contribution in [3.05, 3.63) is 77.1 Å². The lowest BCUT2D eigenvalue weighted by Gasteiger charge is -2.26. The summed E-state index contributed by atoms with van der Waals surface area (Å²) in [7, 11) is 1.56. The van der Waals surface area contributed by atoms with Crippen molar-refractivity contribution in [2.24, 2.45) is 4.99 Å². The summed E-state index contributed by atoms with van der Waals surface area (Å²) in [6, 6.07) is 8.57. The highest BCUT2D eigenvalue weighted by Gasteiger charge is 2.35. The molecule has 1 aromatic carbocycles. The maximum atomic E-state index is 13.6. The molecule has 3 aromatic rings. The monoisotopic (exact) mass is 484 g/mol. The van der Waals surface area contributed by atoms with Gasteiger partial charge < -0.3 is 14.2 Å². The number of benzene rings is 1. The van der Waals surface area contributed by atoms with Crippen molar-refractivity contribution in [3.63, 3.8) is 0 Å². The number of hydrogen-bond acceptors (Lipinski definition) is 8. The Balaban J connectivity index is 2.03. The molecule has 0 spiro atoms. The van der Waals surface area contributed by atoms with Crippen LogP contribution in [0.1, 0.15) is 37.3 Å². The van der Waals surface area contributed by atoms with Gasteiger partial charge in [-0.15, -0.1) is 11.3 Å². The van der Waals surface area contributed by atoms with E-state index in [1.54, 1.807) is 42.9 Å². The van der Waals surface area contributed by atoms with E-state index in [0.717, 1.165) is 4.88 Å². The fourth-order valence-corrected chi connectivity index (χ4v) is 5.57. The first-order chi connectivity index (χ1) is 16.0. The van der Waals surface area contributed by atoms with Gasteiger partial charge in [0.05, 0.1) is 36.1 Å². The third-order valence-corrected chi connectivity index (χ3v) is 6.95. The van der Waals surface area contributed by atoms with E-state index in [9.17, 15) is 9.59 Å². The fourth-order valence-electron chi connectivity index (χ4n) is 3.80. The Hall–Kier alpha value is -3.17. The van der Waals surface area contributed by atoms with E-state index in [0.29, 0.717) is 44.3 Å². The molecular weight excluding hydrogens is 460 g/mol. The second-order valence-corrected chi connectivity index (χ2v) is 9.12. The highest BCUT2D eigenvalue weighted by molar-refractivity contribution is 7.11.